The summed E-state index contributed by atoms with van der Waals surface area (Å²) >= 11 is 3.41. The highest BCUT2D eigenvalue weighted by Crippen LogP contribution is 2.23. The molecule has 0 spiro atoms. The molecule has 0 radical (unpaired) electrons. The fourth-order valence-corrected chi connectivity index (χ4v) is 3.44. The lowest BCUT2D eigenvalue weighted by atomic mass is 10.1. The molecular weight excluding hydrogens is 290 g/mol. The first kappa shape index (κ1) is 13.7. The molecule has 0 aliphatic heterocycles. The molecular formula is C11H16BrNO2S. The summed E-state index contributed by atoms with van der Waals surface area (Å²) in [6, 6.07) is 7.39. The van der Waals surface area contributed by atoms with Crippen molar-refractivity contribution in [2.45, 2.75) is 26.3 Å². The van der Waals surface area contributed by atoms with E-state index in [0.717, 1.165) is 10.0 Å². The second kappa shape index (κ2) is 5.80. The predicted octanol–water partition coefficient (Wildman–Crippen LogP) is 2.84. The molecule has 90 valence electrons. The molecule has 1 atom stereocenters. The van der Waals surface area contributed by atoms with Crippen molar-refractivity contribution in [1.29, 1.82) is 0 Å². The maximum absolute atomic E-state index is 11.6. The Morgan fingerprint density at radius 3 is 2.56 bits per heavy atom. The predicted molar refractivity (Wildman–Crippen MR) is 69.8 cm³/mol. The van der Waals surface area contributed by atoms with Gasteiger partial charge >= 0.3 is 0 Å². The fraction of sp³-hybridized carbons (Fsp3) is 0.455. The third kappa shape index (κ3) is 3.88. The van der Waals surface area contributed by atoms with Crippen LogP contribution in [0.3, 0.4) is 0 Å². The summed E-state index contributed by atoms with van der Waals surface area (Å²) in [5.41, 5.74) is 0.946. The molecule has 0 amide bonds. The molecule has 1 N–H and O–H groups in total. The lowest BCUT2D eigenvalue weighted by molar-refractivity contribution is 0.565. The molecule has 16 heavy (non-hydrogen) atoms. The first-order chi connectivity index (χ1) is 7.46. The average molecular weight is 306 g/mol. The van der Waals surface area contributed by atoms with Crippen LogP contribution in [0.25, 0.3) is 0 Å². The van der Waals surface area contributed by atoms with E-state index >= 15 is 0 Å². The largest absolute Gasteiger partial charge is 0.212 e. The van der Waals surface area contributed by atoms with Crippen LogP contribution < -0.4 is 4.72 Å². The van der Waals surface area contributed by atoms with Gasteiger partial charge in [0.1, 0.15) is 0 Å². The molecule has 0 aromatic heterocycles. The van der Waals surface area contributed by atoms with Crippen molar-refractivity contribution < 1.29 is 8.42 Å². The second-order valence-electron chi connectivity index (χ2n) is 3.68. The smallest absolute Gasteiger partial charge is 0.212 e. The van der Waals surface area contributed by atoms with Crippen molar-refractivity contribution in [1.82, 2.24) is 4.72 Å². The normalized spacial score (nSPS) is 13.7. The molecule has 0 aliphatic rings. The van der Waals surface area contributed by atoms with E-state index < -0.39 is 10.0 Å². The molecule has 3 nitrogen and oxygen atoms in total. The van der Waals surface area contributed by atoms with Gasteiger partial charge in [-0.15, -0.1) is 0 Å². The van der Waals surface area contributed by atoms with Gasteiger partial charge in [-0.05, 0) is 25.0 Å². The SMILES string of the molecule is CCCS(=O)(=O)N[C@H](C)c1ccccc1Br. The summed E-state index contributed by atoms with van der Waals surface area (Å²) in [5, 5.41) is 0. The molecule has 0 saturated heterocycles. The van der Waals surface area contributed by atoms with Gasteiger partial charge in [0.05, 0.1) is 5.75 Å². The molecule has 5 heteroatoms. The van der Waals surface area contributed by atoms with Crippen molar-refractivity contribution >= 4 is 26.0 Å². The Labute approximate surface area is 105 Å². The van der Waals surface area contributed by atoms with Crippen molar-refractivity contribution in [3.8, 4) is 0 Å². The van der Waals surface area contributed by atoms with E-state index in [9.17, 15) is 8.42 Å². The number of rotatable bonds is 5. The average Bonchev–Trinajstić information content (AvgIpc) is 2.17. The standard InChI is InChI=1S/C11H16BrNO2S/c1-3-8-16(14,15)13-9(2)10-6-4-5-7-11(10)12/h4-7,9,13H,3,8H2,1-2H3/t9-/m1/s1. The van der Waals surface area contributed by atoms with Gasteiger partial charge in [-0.2, -0.15) is 0 Å². The van der Waals surface area contributed by atoms with Gasteiger partial charge in [-0.1, -0.05) is 41.1 Å². The minimum absolute atomic E-state index is 0.168. The Hall–Kier alpha value is -0.390. The fourth-order valence-electron chi connectivity index (χ4n) is 1.49. The zero-order valence-corrected chi connectivity index (χ0v) is 11.8. The Morgan fingerprint density at radius 1 is 1.38 bits per heavy atom. The second-order valence-corrected chi connectivity index (χ2v) is 6.41. The number of hydrogen-bond acceptors (Lipinski definition) is 2. The highest BCUT2D eigenvalue weighted by atomic mass is 79.9. The van der Waals surface area contributed by atoms with Crippen molar-refractivity contribution in [3.63, 3.8) is 0 Å². The Bertz CT molecular complexity index is 445. The third-order valence-corrected chi connectivity index (χ3v) is 4.58. The summed E-state index contributed by atoms with van der Waals surface area (Å²) in [5.74, 6) is 0.168. The molecule has 0 unspecified atom stereocenters. The zero-order chi connectivity index (χ0) is 12.2. The van der Waals surface area contributed by atoms with Gasteiger partial charge in [0.15, 0.2) is 0 Å². The molecule has 0 saturated carbocycles. The summed E-state index contributed by atoms with van der Waals surface area (Å²) in [7, 11) is -3.17. The minimum atomic E-state index is -3.17. The molecule has 1 aromatic carbocycles. The molecule has 0 heterocycles. The van der Waals surface area contributed by atoms with E-state index in [2.05, 4.69) is 20.7 Å². The van der Waals surface area contributed by atoms with Crippen molar-refractivity contribution in [2.75, 3.05) is 5.75 Å². The molecule has 0 aliphatic carbocycles. The van der Waals surface area contributed by atoms with E-state index in [-0.39, 0.29) is 11.8 Å². The van der Waals surface area contributed by atoms with Gasteiger partial charge in [0.25, 0.3) is 0 Å². The first-order valence-corrected chi connectivity index (χ1v) is 7.65. The van der Waals surface area contributed by atoms with Crippen LogP contribution in [0.15, 0.2) is 28.7 Å². The highest BCUT2D eigenvalue weighted by molar-refractivity contribution is 9.10. The zero-order valence-electron chi connectivity index (χ0n) is 9.40. The summed E-state index contributed by atoms with van der Waals surface area (Å²) < 4.78 is 26.8. The van der Waals surface area contributed by atoms with E-state index in [1.54, 1.807) is 0 Å². The van der Waals surface area contributed by atoms with Crippen LogP contribution >= 0.6 is 15.9 Å². The Morgan fingerprint density at radius 2 is 2.00 bits per heavy atom. The molecule has 1 rings (SSSR count). The Balaban J connectivity index is 2.81. The summed E-state index contributed by atoms with van der Waals surface area (Å²) in [6.07, 6.45) is 0.623. The van der Waals surface area contributed by atoms with Crippen LogP contribution in [0.2, 0.25) is 0 Å². The van der Waals surface area contributed by atoms with Crippen LogP contribution in [-0.2, 0) is 10.0 Å². The monoisotopic (exact) mass is 305 g/mol. The Kier molecular flexibility index (Phi) is 4.95. The van der Waals surface area contributed by atoms with E-state index in [0.29, 0.717) is 6.42 Å². The maximum atomic E-state index is 11.6. The van der Waals surface area contributed by atoms with Gasteiger partial charge in [0.2, 0.25) is 10.0 Å². The lowest BCUT2D eigenvalue weighted by Crippen LogP contribution is -2.29. The summed E-state index contributed by atoms with van der Waals surface area (Å²) in [4.78, 5) is 0. The van der Waals surface area contributed by atoms with Crippen LogP contribution in [0, 0.1) is 0 Å². The van der Waals surface area contributed by atoms with E-state index in [1.807, 2.05) is 38.1 Å². The van der Waals surface area contributed by atoms with Crippen LogP contribution in [0.1, 0.15) is 31.9 Å². The van der Waals surface area contributed by atoms with Gasteiger partial charge in [-0.3, -0.25) is 0 Å². The molecule has 0 bridgehead atoms. The van der Waals surface area contributed by atoms with Crippen LogP contribution in [-0.4, -0.2) is 14.2 Å². The number of benzene rings is 1. The van der Waals surface area contributed by atoms with Crippen molar-refractivity contribution in [2.24, 2.45) is 0 Å². The van der Waals surface area contributed by atoms with E-state index in [4.69, 9.17) is 0 Å². The lowest BCUT2D eigenvalue weighted by Gasteiger charge is -2.15. The van der Waals surface area contributed by atoms with Crippen LogP contribution in [0.4, 0.5) is 0 Å². The molecule has 0 fully saturated rings. The third-order valence-electron chi connectivity index (χ3n) is 2.20. The first-order valence-electron chi connectivity index (χ1n) is 5.20. The van der Waals surface area contributed by atoms with Crippen molar-refractivity contribution in [3.05, 3.63) is 34.3 Å². The van der Waals surface area contributed by atoms with E-state index in [1.165, 1.54) is 0 Å². The highest BCUT2D eigenvalue weighted by Gasteiger charge is 2.16. The van der Waals surface area contributed by atoms with Gasteiger partial charge < -0.3 is 0 Å². The van der Waals surface area contributed by atoms with Gasteiger partial charge in [0, 0.05) is 10.5 Å². The number of nitrogens with one attached hydrogen (secondary N) is 1. The maximum Gasteiger partial charge on any atom is 0.212 e. The molecule has 1 aromatic rings. The topological polar surface area (TPSA) is 46.2 Å². The number of halogens is 1. The quantitative estimate of drug-likeness (QED) is 0.909. The summed E-state index contributed by atoms with van der Waals surface area (Å²) in [6.45, 7) is 3.69. The van der Waals surface area contributed by atoms with Crippen LogP contribution in [0.5, 0.6) is 0 Å². The van der Waals surface area contributed by atoms with Gasteiger partial charge in [-0.25, -0.2) is 13.1 Å². The number of sulfonamides is 1. The minimum Gasteiger partial charge on any atom is -0.212 e. The number of hydrogen-bond donors (Lipinski definition) is 1.